The monoisotopic (exact) mass is 369 g/mol. The third-order valence-electron chi connectivity index (χ3n) is 3.72. The van der Waals surface area contributed by atoms with Crippen LogP contribution in [0.15, 0.2) is 18.2 Å². The van der Waals surface area contributed by atoms with Crippen LogP contribution in [0.4, 0.5) is 5.00 Å². The van der Waals surface area contributed by atoms with Gasteiger partial charge in [0.15, 0.2) is 0 Å². The van der Waals surface area contributed by atoms with Crippen LogP contribution in [0.3, 0.4) is 0 Å². The Balaban J connectivity index is 1.92. The van der Waals surface area contributed by atoms with E-state index in [1.54, 1.807) is 12.1 Å². The van der Waals surface area contributed by atoms with Crippen LogP contribution >= 0.6 is 34.5 Å². The zero-order valence-electron chi connectivity index (χ0n) is 12.2. The minimum absolute atomic E-state index is 0.307. The molecule has 1 aromatic carbocycles. The van der Waals surface area contributed by atoms with Crippen LogP contribution in [0.2, 0.25) is 10.0 Å². The molecule has 1 aliphatic rings. The highest BCUT2D eigenvalue weighted by molar-refractivity contribution is 7.17. The van der Waals surface area contributed by atoms with Crippen molar-refractivity contribution < 1.29 is 14.3 Å². The maximum Gasteiger partial charge on any atom is 0.341 e. The lowest BCUT2D eigenvalue weighted by atomic mass is 10.1. The van der Waals surface area contributed by atoms with Crippen molar-refractivity contribution in [3.63, 3.8) is 0 Å². The summed E-state index contributed by atoms with van der Waals surface area (Å²) >= 11 is 13.2. The quantitative estimate of drug-likeness (QED) is 0.805. The Labute approximate surface area is 147 Å². The van der Waals surface area contributed by atoms with E-state index in [2.05, 4.69) is 5.32 Å². The lowest BCUT2D eigenvalue weighted by Crippen LogP contribution is -2.14. The second kappa shape index (κ2) is 6.51. The van der Waals surface area contributed by atoms with Gasteiger partial charge in [0.25, 0.3) is 5.91 Å². The summed E-state index contributed by atoms with van der Waals surface area (Å²) in [5, 5.41) is 4.01. The number of thiophene rings is 1. The van der Waals surface area contributed by atoms with Crippen molar-refractivity contribution in [2.75, 3.05) is 12.4 Å². The van der Waals surface area contributed by atoms with Gasteiger partial charge in [0.05, 0.1) is 22.7 Å². The third-order valence-corrected chi connectivity index (χ3v) is 5.67. The molecule has 120 valence electrons. The Morgan fingerprint density at radius 3 is 2.70 bits per heavy atom. The Morgan fingerprint density at radius 1 is 1.22 bits per heavy atom. The van der Waals surface area contributed by atoms with Gasteiger partial charge in [-0.25, -0.2) is 4.79 Å². The normalized spacial score (nSPS) is 12.8. The summed E-state index contributed by atoms with van der Waals surface area (Å²) in [5.41, 5.74) is 1.84. The van der Waals surface area contributed by atoms with E-state index >= 15 is 0 Å². The number of nitrogens with one attached hydrogen (secondary N) is 1. The molecule has 0 unspecified atom stereocenters. The highest BCUT2D eigenvalue weighted by atomic mass is 35.5. The minimum Gasteiger partial charge on any atom is -0.465 e. The lowest BCUT2D eigenvalue weighted by Gasteiger charge is -2.07. The molecule has 0 saturated heterocycles. The van der Waals surface area contributed by atoms with Gasteiger partial charge in [-0.2, -0.15) is 0 Å². The number of carbonyl (C=O) groups excluding carboxylic acids is 2. The van der Waals surface area contributed by atoms with Gasteiger partial charge in [-0.15, -0.1) is 11.3 Å². The average molecular weight is 370 g/mol. The fourth-order valence-corrected chi connectivity index (χ4v) is 4.19. The van der Waals surface area contributed by atoms with Crippen molar-refractivity contribution in [3.05, 3.63) is 49.8 Å². The van der Waals surface area contributed by atoms with Crippen molar-refractivity contribution in [2.45, 2.75) is 19.3 Å². The first kappa shape index (κ1) is 16.3. The first-order valence-electron chi connectivity index (χ1n) is 7.00. The number of halogens is 2. The number of esters is 1. The van der Waals surface area contributed by atoms with Gasteiger partial charge in [0.2, 0.25) is 0 Å². The number of hydrogen-bond acceptors (Lipinski definition) is 4. The van der Waals surface area contributed by atoms with E-state index < -0.39 is 5.97 Å². The molecule has 2 aromatic rings. The summed E-state index contributed by atoms with van der Waals surface area (Å²) < 4.78 is 4.86. The first-order chi connectivity index (χ1) is 11.0. The van der Waals surface area contributed by atoms with E-state index in [-0.39, 0.29) is 5.91 Å². The predicted octanol–water partition coefficient (Wildman–Crippen LogP) is 4.58. The zero-order valence-corrected chi connectivity index (χ0v) is 14.6. The maximum atomic E-state index is 12.4. The molecule has 1 heterocycles. The zero-order chi connectivity index (χ0) is 16.6. The van der Waals surface area contributed by atoms with Crippen molar-refractivity contribution in [3.8, 4) is 0 Å². The molecule has 0 radical (unpaired) electrons. The molecular weight excluding hydrogens is 357 g/mol. The van der Waals surface area contributed by atoms with Gasteiger partial charge in [0, 0.05) is 10.4 Å². The van der Waals surface area contributed by atoms with Crippen LogP contribution < -0.4 is 5.32 Å². The molecule has 0 saturated carbocycles. The summed E-state index contributed by atoms with van der Waals surface area (Å²) in [6.07, 6.45) is 2.78. The molecule has 0 fully saturated rings. The van der Waals surface area contributed by atoms with Gasteiger partial charge in [-0.3, -0.25) is 4.79 Å². The van der Waals surface area contributed by atoms with E-state index in [0.717, 1.165) is 29.7 Å². The summed E-state index contributed by atoms with van der Waals surface area (Å²) in [5.74, 6) is -0.762. The Kier molecular flexibility index (Phi) is 4.62. The first-order valence-corrected chi connectivity index (χ1v) is 8.57. The van der Waals surface area contributed by atoms with E-state index in [1.165, 1.54) is 24.5 Å². The number of fused-ring (bicyclic) bond motifs is 1. The van der Waals surface area contributed by atoms with Gasteiger partial charge in [-0.05, 0) is 43.0 Å². The molecule has 0 aliphatic heterocycles. The molecule has 0 spiro atoms. The molecule has 3 rings (SSSR count). The average Bonchev–Trinajstić information content (AvgIpc) is 3.09. The van der Waals surface area contributed by atoms with E-state index in [9.17, 15) is 9.59 Å². The van der Waals surface area contributed by atoms with Gasteiger partial charge in [-0.1, -0.05) is 23.2 Å². The molecule has 4 nitrogen and oxygen atoms in total. The Morgan fingerprint density at radius 2 is 2.00 bits per heavy atom. The Hall–Kier alpha value is -1.56. The minimum atomic E-state index is -0.422. The number of benzene rings is 1. The molecular formula is C16H13Cl2NO3S. The van der Waals surface area contributed by atoms with Gasteiger partial charge >= 0.3 is 5.97 Å². The van der Waals surface area contributed by atoms with E-state index in [1.807, 2.05) is 0 Å². The van der Waals surface area contributed by atoms with Crippen LogP contribution in [0, 0.1) is 0 Å². The smallest absolute Gasteiger partial charge is 0.341 e. The number of methoxy groups -OCH3 is 1. The van der Waals surface area contributed by atoms with E-state index in [0.29, 0.717) is 26.2 Å². The van der Waals surface area contributed by atoms with Crippen molar-refractivity contribution in [2.24, 2.45) is 0 Å². The highest BCUT2D eigenvalue weighted by Crippen LogP contribution is 2.39. The molecule has 1 N–H and O–H groups in total. The van der Waals surface area contributed by atoms with Gasteiger partial charge < -0.3 is 10.1 Å². The number of amides is 1. The van der Waals surface area contributed by atoms with Crippen molar-refractivity contribution in [1.29, 1.82) is 0 Å². The molecule has 23 heavy (non-hydrogen) atoms. The van der Waals surface area contributed by atoms with E-state index in [4.69, 9.17) is 27.9 Å². The van der Waals surface area contributed by atoms with Crippen LogP contribution in [-0.4, -0.2) is 19.0 Å². The number of anilines is 1. The number of ether oxygens (including phenoxy) is 1. The topological polar surface area (TPSA) is 55.4 Å². The summed E-state index contributed by atoms with van der Waals surface area (Å²) in [4.78, 5) is 25.6. The highest BCUT2D eigenvalue weighted by Gasteiger charge is 2.28. The predicted molar refractivity (Wildman–Crippen MR) is 92.1 cm³/mol. The number of carbonyl (C=O) groups is 2. The second-order valence-corrected chi connectivity index (χ2v) is 7.06. The molecule has 1 amide bonds. The van der Waals surface area contributed by atoms with Crippen LogP contribution in [0.25, 0.3) is 0 Å². The fourth-order valence-electron chi connectivity index (χ4n) is 2.62. The molecule has 0 bridgehead atoms. The Bertz CT molecular complexity index is 801. The molecule has 0 atom stereocenters. The van der Waals surface area contributed by atoms with Crippen molar-refractivity contribution in [1.82, 2.24) is 0 Å². The van der Waals surface area contributed by atoms with Crippen LogP contribution in [-0.2, 0) is 17.6 Å². The maximum absolute atomic E-state index is 12.4. The molecule has 1 aliphatic carbocycles. The summed E-state index contributed by atoms with van der Waals surface area (Å²) in [6.45, 7) is 0. The molecule has 7 heteroatoms. The lowest BCUT2D eigenvalue weighted by molar-refractivity contribution is 0.0601. The third kappa shape index (κ3) is 3.09. The van der Waals surface area contributed by atoms with Crippen LogP contribution in [0.5, 0.6) is 0 Å². The fraction of sp³-hybridized carbons (Fsp3) is 0.250. The SMILES string of the molecule is COC(=O)c1c(NC(=O)c2ccc(Cl)c(Cl)c2)sc2c1CCC2. The van der Waals surface area contributed by atoms with Crippen molar-refractivity contribution >= 4 is 51.4 Å². The largest absolute Gasteiger partial charge is 0.465 e. The van der Waals surface area contributed by atoms with Crippen LogP contribution in [0.1, 0.15) is 37.6 Å². The number of rotatable bonds is 3. The van der Waals surface area contributed by atoms with Gasteiger partial charge in [0.1, 0.15) is 5.00 Å². The summed E-state index contributed by atoms with van der Waals surface area (Å²) in [6, 6.07) is 4.65. The standard InChI is InChI=1S/C16H13Cl2NO3S/c1-22-16(21)13-9-3-2-4-12(9)23-15(13)19-14(20)8-5-6-10(17)11(18)7-8/h5-7H,2-4H2,1H3,(H,19,20). The second-order valence-electron chi connectivity index (χ2n) is 5.14. The number of hydrogen-bond donors (Lipinski definition) is 1. The number of aryl methyl sites for hydroxylation is 1. The molecule has 1 aromatic heterocycles. The summed E-state index contributed by atoms with van der Waals surface area (Å²) in [7, 11) is 1.34.